The molecule has 124 valence electrons. The summed E-state index contributed by atoms with van der Waals surface area (Å²) in [5.41, 5.74) is 0.786. The van der Waals surface area contributed by atoms with Crippen LogP contribution in [-0.4, -0.2) is 22.1 Å². The Labute approximate surface area is 143 Å². The van der Waals surface area contributed by atoms with Crippen LogP contribution in [0, 0.1) is 12.8 Å². The van der Waals surface area contributed by atoms with Crippen LogP contribution in [0.3, 0.4) is 0 Å². The Morgan fingerprint density at radius 1 is 1.48 bits per heavy atom. The van der Waals surface area contributed by atoms with Gasteiger partial charge in [-0.3, -0.25) is 9.59 Å². The predicted molar refractivity (Wildman–Crippen MR) is 95.1 cm³/mol. The summed E-state index contributed by atoms with van der Waals surface area (Å²) >= 11 is 2.99. The van der Waals surface area contributed by atoms with Crippen LogP contribution in [0.2, 0.25) is 0 Å². The molecule has 0 unspecified atom stereocenters. The van der Waals surface area contributed by atoms with Crippen molar-refractivity contribution in [2.45, 2.75) is 38.4 Å². The summed E-state index contributed by atoms with van der Waals surface area (Å²) in [6.07, 6.45) is 1.88. The number of amides is 1. The Morgan fingerprint density at radius 3 is 2.74 bits per heavy atom. The van der Waals surface area contributed by atoms with E-state index >= 15 is 0 Å². The molecule has 0 saturated carbocycles. The number of carbonyl (C=O) groups excluding carboxylic acids is 1. The average molecular weight is 351 g/mol. The van der Waals surface area contributed by atoms with E-state index in [2.05, 4.69) is 29.1 Å². The van der Waals surface area contributed by atoms with Gasteiger partial charge < -0.3 is 10.3 Å². The van der Waals surface area contributed by atoms with E-state index in [9.17, 15) is 9.59 Å². The number of aromatic nitrogens is 2. The Balaban J connectivity index is 2.15. The third-order valence-corrected chi connectivity index (χ3v) is 5.10. The highest BCUT2D eigenvalue weighted by Gasteiger charge is 2.20. The van der Waals surface area contributed by atoms with Gasteiger partial charge in [0.25, 0.3) is 5.56 Å². The van der Waals surface area contributed by atoms with E-state index in [1.807, 2.05) is 23.8 Å². The zero-order chi connectivity index (χ0) is 17.0. The number of rotatable bonds is 6. The first-order valence-corrected chi connectivity index (χ1v) is 9.49. The minimum Gasteiger partial charge on any atom is -0.348 e. The Morgan fingerprint density at radius 2 is 2.22 bits per heavy atom. The first-order chi connectivity index (χ1) is 10.9. The molecule has 2 aromatic heterocycles. The summed E-state index contributed by atoms with van der Waals surface area (Å²) < 4.78 is 0. The number of hydrogen-bond acceptors (Lipinski definition) is 5. The molecule has 2 heterocycles. The van der Waals surface area contributed by atoms with Gasteiger partial charge in [0.05, 0.1) is 12.5 Å². The molecular formula is C16H21N3O2S2. The number of nitrogens with zero attached hydrogens (tertiary/aromatic N) is 1. The fourth-order valence-electron chi connectivity index (χ4n) is 2.31. The van der Waals surface area contributed by atoms with Gasteiger partial charge in [-0.15, -0.1) is 11.3 Å². The van der Waals surface area contributed by atoms with Crippen LogP contribution in [0.4, 0.5) is 0 Å². The van der Waals surface area contributed by atoms with E-state index in [4.69, 9.17) is 0 Å². The fraction of sp³-hybridized carbons (Fsp3) is 0.438. The fourth-order valence-corrected chi connectivity index (χ4v) is 3.68. The van der Waals surface area contributed by atoms with Crippen molar-refractivity contribution in [2.24, 2.45) is 5.92 Å². The molecule has 2 N–H and O–H groups in total. The maximum absolute atomic E-state index is 12.4. The zero-order valence-corrected chi connectivity index (χ0v) is 15.3. The number of thiophene rings is 1. The first-order valence-electron chi connectivity index (χ1n) is 7.39. The summed E-state index contributed by atoms with van der Waals surface area (Å²) in [6, 6.07) is 3.95. The highest BCUT2D eigenvalue weighted by Crippen LogP contribution is 2.25. The predicted octanol–water partition coefficient (Wildman–Crippen LogP) is 2.92. The average Bonchev–Trinajstić information content (AvgIpc) is 3.01. The van der Waals surface area contributed by atoms with Crippen LogP contribution in [-0.2, 0) is 11.2 Å². The third kappa shape index (κ3) is 4.45. The molecule has 2 rings (SSSR count). The lowest BCUT2D eigenvalue weighted by atomic mass is 10.0. The van der Waals surface area contributed by atoms with Gasteiger partial charge in [0.2, 0.25) is 5.91 Å². The van der Waals surface area contributed by atoms with Crippen molar-refractivity contribution in [3.05, 3.63) is 44.0 Å². The minimum atomic E-state index is -0.241. The Kier molecular flexibility index (Phi) is 6.01. The highest BCUT2D eigenvalue weighted by molar-refractivity contribution is 7.98. The van der Waals surface area contributed by atoms with Crippen molar-refractivity contribution in [2.75, 3.05) is 6.26 Å². The normalized spacial score (nSPS) is 12.4. The number of thioether (sulfide) groups is 1. The lowest BCUT2D eigenvalue weighted by Crippen LogP contribution is -2.34. The standard InChI is InChI=1S/C16H21N3O2S2/c1-9(2)14(12-6-5-7-23-12)18-13(20)8-11-10(3)17-16(22-4)19-15(11)21/h5-7,9,14H,8H2,1-4H3,(H,18,20)(H,17,19,21)/t14-/m1/s1. The maximum atomic E-state index is 12.4. The Hall–Kier alpha value is -1.60. The second-order valence-corrected chi connectivity index (χ2v) is 7.39. The van der Waals surface area contributed by atoms with E-state index in [1.165, 1.54) is 11.8 Å². The van der Waals surface area contributed by atoms with Gasteiger partial charge >= 0.3 is 0 Å². The van der Waals surface area contributed by atoms with E-state index < -0.39 is 0 Å². The number of aromatic amines is 1. The maximum Gasteiger partial charge on any atom is 0.255 e. The van der Waals surface area contributed by atoms with Gasteiger partial charge in [-0.25, -0.2) is 4.98 Å². The van der Waals surface area contributed by atoms with Gasteiger partial charge in [-0.05, 0) is 30.5 Å². The monoisotopic (exact) mass is 351 g/mol. The first kappa shape index (κ1) is 17.7. The lowest BCUT2D eigenvalue weighted by molar-refractivity contribution is -0.121. The van der Waals surface area contributed by atoms with Crippen LogP contribution < -0.4 is 10.9 Å². The molecule has 0 saturated heterocycles. The molecular weight excluding hydrogens is 330 g/mol. The molecule has 0 radical (unpaired) electrons. The van der Waals surface area contributed by atoms with Crippen molar-refractivity contribution in [3.8, 4) is 0 Å². The van der Waals surface area contributed by atoms with Crippen molar-refractivity contribution in [1.29, 1.82) is 0 Å². The van der Waals surface area contributed by atoms with Crippen LogP contribution >= 0.6 is 23.1 Å². The van der Waals surface area contributed by atoms with Crippen molar-refractivity contribution in [3.63, 3.8) is 0 Å². The van der Waals surface area contributed by atoms with E-state index in [1.54, 1.807) is 18.3 Å². The number of H-pyrrole nitrogens is 1. The van der Waals surface area contributed by atoms with Crippen LogP contribution in [0.1, 0.15) is 36.0 Å². The van der Waals surface area contributed by atoms with Gasteiger partial charge in [-0.1, -0.05) is 31.7 Å². The minimum absolute atomic E-state index is 0.0391. The Bertz CT molecular complexity index is 723. The molecule has 0 bridgehead atoms. The molecule has 0 fully saturated rings. The van der Waals surface area contributed by atoms with Gasteiger partial charge in [0.15, 0.2) is 5.16 Å². The summed E-state index contributed by atoms with van der Waals surface area (Å²) in [5, 5.41) is 5.60. The molecule has 0 spiro atoms. The van der Waals surface area contributed by atoms with Crippen molar-refractivity contribution in [1.82, 2.24) is 15.3 Å². The second-order valence-electron chi connectivity index (χ2n) is 5.62. The number of aryl methyl sites for hydroxylation is 1. The topological polar surface area (TPSA) is 74.8 Å². The van der Waals surface area contributed by atoms with Crippen LogP contribution in [0.15, 0.2) is 27.5 Å². The summed E-state index contributed by atoms with van der Waals surface area (Å²) in [4.78, 5) is 32.6. The molecule has 0 aliphatic heterocycles. The summed E-state index contributed by atoms with van der Waals surface area (Å²) in [5.74, 6) is 0.110. The number of nitrogens with one attached hydrogen (secondary N) is 2. The van der Waals surface area contributed by atoms with Gasteiger partial charge in [0, 0.05) is 16.1 Å². The largest absolute Gasteiger partial charge is 0.348 e. The number of carbonyl (C=O) groups is 1. The molecule has 7 heteroatoms. The van der Waals surface area contributed by atoms with Crippen LogP contribution in [0.25, 0.3) is 0 Å². The zero-order valence-electron chi connectivity index (χ0n) is 13.7. The molecule has 1 atom stereocenters. The third-order valence-electron chi connectivity index (χ3n) is 3.56. The van der Waals surface area contributed by atoms with E-state index in [0.29, 0.717) is 16.4 Å². The smallest absolute Gasteiger partial charge is 0.255 e. The molecule has 0 aliphatic rings. The lowest BCUT2D eigenvalue weighted by Gasteiger charge is -2.21. The molecule has 0 aliphatic carbocycles. The molecule has 0 aromatic carbocycles. The highest BCUT2D eigenvalue weighted by atomic mass is 32.2. The molecule has 2 aromatic rings. The van der Waals surface area contributed by atoms with Crippen LogP contribution in [0.5, 0.6) is 0 Å². The SMILES string of the molecule is CSc1nc(C)c(CC(=O)N[C@@H](c2cccs2)C(C)C)c(=O)[nH]1. The summed E-state index contributed by atoms with van der Waals surface area (Å²) in [6.45, 7) is 5.89. The second kappa shape index (κ2) is 7.79. The van der Waals surface area contributed by atoms with Crippen molar-refractivity contribution < 1.29 is 4.79 Å². The summed E-state index contributed by atoms with van der Waals surface area (Å²) in [7, 11) is 0. The molecule has 5 nitrogen and oxygen atoms in total. The number of hydrogen-bond donors (Lipinski definition) is 2. The molecule has 1 amide bonds. The quantitative estimate of drug-likeness (QED) is 0.620. The molecule has 23 heavy (non-hydrogen) atoms. The van der Waals surface area contributed by atoms with E-state index in [-0.39, 0.29) is 29.8 Å². The van der Waals surface area contributed by atoms with Crippen molar-refractivity contribution >= 4 is 29.0 Å². The van der Waals surface area contributed by atoms with Gasteiger partial charge in [0.1, 0.15) is 0 Å². The van der Waals surface area contributed by atoms with Gasteiger partial charge in [-0.2, -0.15) is 0 Å². The van der Waals surface area contributed by atoms with E-state index in [0.717, 1.165) is 4.88 Å².